The number of methoxy groups -OCH3 is 1. The topological polar surface area (TPSA) is 73.6 Å². The molecular weight excluding hydrogens is 375 g/mol. The van der Waals surface area contributed by atoms with Crippen LogP contribution in [0.4, 0.5) is 10.1 Å². The summed E-state index contributed by atoms with van der Waals surface area (Å²) in [6.07, 6.45) is 0. The van der Waals surface area contributed by atoms with Crippen LogP contribution in [-0.4, -0.2) is 18.2 Å². The molecule has 27 heavy (non-hydrogen) atoms. The number of nitrogens with one attached hydrogen (secondary N) is 1. The van der Waals surface area contributed by atoms with Gasteiger partial charge in [-0.1, -0.05) is 28.9 Å². The number of para-hydroxylation sites is 2. The lowest BCUT2D eigenvalue weighted by Gasteiger charge is -2.10. The zero-order valence-electron chi connectivity index (χ0n) is 14.6. The van der Waals surface area contributed by atoms with Crippen molar-refractivity contribution in [2.75, 3.05) is 12.4 Å². The average Bonchev–Trinajstić information content (AvgIpc) is 3.04. The second kappa shape index (κ2) is 8.09. The lowest BCUT2D eigenvalue weighted by molar-refractivity contribution is 0.101. The first-order chi connectivity index (χ1) is 13.0. The van der Waals surface area contributed by atoms with Crippen LogP contribution in [0.3, 0.4) is 0 Å². The van der Waals surface area contributed by atoms with E-state index in [1.54, 1.807) is 26.2 Å². The molecule has 2 aromatic carbocycles. The Morgan fingerprint density at radius 1 is 1.26 bits per heavy atom. The largest absolute Gasteiger partial charge is 0.493 e. The molecule has 6 nitrogen and oxygen atoms in total. The summed E-state index contributed by atoms with van der Waals surface area (Å²) in [6.45, 7) is 1.74. The van der Waals surface area contributed by atoms with E-state index < -0.39 is 11.7 Å². The lowest BCUT2D eigenvalue weighted by Crippen LogP contribution is -2.15. The van der Waals surface area contributed by atoms with Gasteiger partial charge in [0.15, 0.2) is 17.2 Å². The van der Waals surface area contributed by atoms with Crippen LogP contribution in [0.2, 0.25) is 5.02 Å². The Morgan fingerprint density at radius 3 is 2.70 bits per heavy atom. The lowest BCUT2D eigenvalue weighted by atomic mass is 10.2. The van der Waals surface area contributed by atoms with E-state index in [1.807, 2.05) is 12.1 Å². The van der Waals surface area contributed by atoms with E-state index in [0.717, 1.165) is 6.07 Å². The SMILES string of the molecule is COc1ccccc1OCc1c(C(=O)Nc2ccc(F)c(Cl)c2)noc1C. The fraction of sp³-hybridized carbons (Fsp3) is 0.158. The molecule has 1 N–H and O–H groups in total. The zero-order chi connectivity index (χ0) is 19.4. The number of benzene rings is 2. The minimum atomic E-state index is -0.571. The number of amides is 1. The molecule has 0 aliphatic rings. The Labute approximate surface area is 159 Å². The molecule has 0 saturated carbocycles. The second-order valence-corrected chi connectivity index (χ2v) is 6.00. The maximum Gasteiger partial charge on any atom is 0.278 e. The van der Waals surface area contributed by atoms with Crippen LogP contribution < -0.4 is 14.8 Å². The minimum absolute atomic E-state index is 0.0582. The number of hydrogen-bond donors (Lipinski definition) is 1. The van der Waals surface area contributed by atoms with Crippen molar-refractivity contribution in [3.8, 4) is 11.5 Å². The minimum Gasteiger partial charge on any atom is -0.493 e. The van der Waals surface area contributed by atoms with Gasteiger partial charge >= 0.3 is 0 Å². The number of ether oxygens (including phenoxy) is 2. The summed E-state index contributed by atoms with van der Waals surface area (Å²) in [4.78, 5) is 12.5. The summed E-state index contributed by atoms with van der Waals surface area (Å²) in [5.41, 5.74) is 0.901. The second-order valence-electron chi connectivity index (χ2n) is 5.59. The number of carbonyl (C=O) groups is 1. The summed E-state index contributed by atoms with van der Waals surface area (Å²) in [6, 6.07) is 11.0. The third kappa shape index (κ3) is 4.20. The van der Waals surface area contributed by atoms with Crippen molar-refractivity contribution in [1.82, 2.24) is 5.16 Å². The number of aromatic nitrogens is 1. The predicted octanol–water partition coefficient (Wildman–Crippen LogP) is 4.62. The molecular formula is C19H16ClFN2O4. The first kappa shape index (κ1) is 18.7. The van der Waals surface area contributed by atoms with Crippen molar-refractivity contribution in [3.05, 3.63) is 70.3 Å². The molecule has 0 bridgehead atoms. The van der Waals surface area contributed by atoms with Crippen molar-refractivity contribution in [2.45, 2.75) is 13.5 Å². The first-order valence-electron chi connectivity index (χ1n) is 7.97. The maximum absolute atomic E-state index is 13.3. The molecule has 8 heteroatoms. The smallest absolute Gasteiger partial charge is 0.278 e. The number of halogens is 2. The molecule has 1 aromatic heterocycles. The fourth-order valence-electron chi connectivity index (χ4n) is 2.39. The van der Waals surface area contributed by atoms with E-state index in [-0.39, 0.29) is 17.3 Å². The summed E-state index contributed by atoms with van der Waals surface area (Å²) in [5, 5.41) is 6.32. The molecule has 1 amide bonds. The number of hydrogen-bond acceptors (Lipinski definition) is 5. The van der Waals surface area contributed by atoms with Gasteiger partial charge in [-0.3, -0.25) is 4.79 Å². The molecule has 0 fully saturated rings. The molecule has 0 spiro atoms. The number of rotatable bonds is 6. The zero-order valence-corrected chi connectivity index (χ0v) is 15.3. The summed E-state index contributed by atoms with van der Waals surface area (Å²) in [5.74, 6) is 0.453. The van der Waals surface area contributed by atoms with Gasteiger partial charge in [-0.2, -0.15) is 0 Å². The van der Waals surface area contributed by atoms with E-state index in [2.05, 4.69) is 10.5 Å². The molecule has 3 rings (SSSR count). The van der Waals surface area contributed by atoms with Gasteiger partial charge in [-0.25, -0.2) is 4.39 Å². The fourth-order valence-corrected chi connectivity index (χ4v) is 2.57. The van der Waals surface area contributed by atoms with E-state index in [0.29, 0.717) is 28.5 Å². The van der Waals surface area contributed by atoms with Gasteiger partial charge in [-0.15, -0.1) is 0 Å². The van der Waals surface area contributed by atoms with Gasteiger partial charge in [0.05, 0.1) is 17.7 Å². The van der Waals surface area contributed by atoms with Gasteiger partial charge < -0.3 is 19.3 Å². The number of anilines is 1. The van der Waals surface area contributed by atoms with Gasteiger partial charge in [0.2, 0.25) is 0 Å². The summed E-state index contributed by atoms with van der Waals surface area (Å²) >= 11 is 5.73. The highest BCUT2D eigenvalue weighted by molar-refractivity contribution is 6.31. The summed E-state index contributed by atoms with van der Waals surface area (Å²) < 4.78 is 29.4. The van der Waals surface area contributed by atoms with E-state index in [9.17, 15) is 9.18 Å². The Hall–Kier alpha value is -3.06. The molecule has 3 aromatic rings. The number of aryl methyl sites for hydroxylation is 1. The van der Waals surface area contributed by atoms with Crippen LogP contribution in [-0.2, 0) is 6.61 Å². The van der Waals surface area contributed by atoms with Gasteiger partial charge in [-0.05, 0) is 37.3 Å². The normalized spacial score (nSPS) is 10.5. The molecule has 0 atom stereocenters. The third-order valence-corrected chi connectivity index (χ3v) is 4.11. The first-order valence-corrected chi connectivity index (χ1v) is 8.34. The van der Waals surface area contributed by atoms with Crippen molar-refractivity contribution >= 4 is 23.2 Å². The molecule has 0 radical (unpaired) electrons. The molecule has 0 aliphatic carbocycles. The summed E-state index contributed by atoms with van der Waals surface area (Å²) in [7, 11) is 1.54. The Kier molecular flexibility index (Phi) is 5.61. The standard InChI is InChI=1S/C19H16ClFN2O4/c1-11-13(10-26-17-6-4-3-5-16(17)25-2)18(23-27-11)19(24)22-12-7-8-15(21)14(20)9-12/h3-9H,10H2,1-2H3,(H,22,24). The molecule has 0 saturated heterocycles. The van der Waals surface area contributed by atoms with Crippen LogP contribution >= 0.6 is 11.6 Å². The number of carbonyl (C=O) groups excluding carboxylic acids is 1. The van der Waals surface area contributed by atoms with E-state index in [4.69, 9.17) is 25.6 Å². The van der Waals surface area contributed by atoms with Gasteiger partial charge in [0.25, 0.3) is 5.91 Å². The number of nitrogens with zero attached hydrogens (tertiary/aromatic N) is 1. The van der Waals surface area contributed by atoms with Crippen molar-refractivity contribution in [3.63, 3.8) is 0 Å². The van der Waals surface area contributed by atoms with Crippen LogP contribution in [0.1, 0.15) is 21.8 Å². The quantitative estimate of drug-likeness (QED) is 0.665. The van der Waals surface area contributed by atoms with E-state index >= 15 is 0 Å². The van der Waals surface area contributed by atoms with Gasteiger partial charge in [0, 0.05) is 5.69 Å². The predicted molar refractivity (Wildman–Crippen MR) is 97.9 cm³/mol. The molecule has 140 valence electrons. The monoisotopic (exact) mass is 390 g/mol. The highest BCUT2D eigenvalue weighted by Crippen LogP contribution is 2.28. The van der Waals surface area contributed by atoms with E-state index in [1.165, 1.54) is 12.1 Å². The van der Waals surface area contributed by atoms with Crippen molar-refractivity contribution < 1.29 is 23.2 Å². The van der Waals surface area contributed by atoms with Crippen LogP contribution in [0.5, 0.6) is 11.5 Å². The Balaban J connectivity index is 1.77. The molecule has 0 unspecified atom stereocenters. The van der Waals surface area contributed by atoms with Crippen molar-refractivity contribution in [2.24, 2.45) is 0 Å². The Bertz CT molecular complexity index is 974. The highest BCUT2D eigenvalue weighted by Gasteiger charge is 2.21. The van der Waals surface area contributed by atoms with Crippen molar-refractivity contribution in [1.29, 1.82) is 0 Å². The van der Waals surface area contributed by atoms with Gasteiger partial charge in [0.1, 0.15) is 18.2 Å². The van der Waals surface area contributed by atoms with Crippen LogP contribution in [0, 0.1) is 12.7 Å². The molecule has 0 aliphatic heterocycles. The average molecular weight is 391 g/mol. The highest BCUT2D eigenvalue weighted by atomic mass is 35.5. The third-order valence-electron chi connectivity index (χ3n) is 3.82. The Morgan fingerprint density at radius 2 is 2.00 bits per heavy atom. The van der Waals surface area contributed by atoms with Crippen LogP contribution in [0.25, 0.3) is 0 Å². The van der Waals surface area contributed by atoms with Crippen LogP contribution in [0.15, 0.2) is 47.0 Å². The maximum atomic E-state index is 13.3. The molecule has 1 heterocycles.